The van der Waals surface area contributed by atoms with Crippen LogP contribution in [0.1, 0.15) is 42.9 Å². The third-order valence-electron chi connectivity index (χ3n) is 4.36. The van der Waals surface area contributed by atoms with Gasteiger partial charge in [-0.25, -0.2) is 0 Å². The van der Waals surface area contributed by atoms with Crippen LogP contribution in [0.2, 0.25) is 0 Å². The van der Waals surface area contributed by atoms with Gasteiger partial charge in [0.15, 0.2) is 0 Å². The normalized spacial score (nSPS) is 23.7. The first-order valence-electron chi connectivity index (χ1n) is 7.97. The molecule has 3 nitrogen and oxygen atoms in total. The molecular formula is C17H24F3NO2. The van der Waals surface area contributed by atoms with E-state index < -0.39 is 11.7 Å². The van der Waals surface area contributed by atoms with Gasteiger partial charge in [0.25, 0.3) is 0 Å². The minimum Gasteiger partial charge on any atom is -0.393 e. The number of hydrogen-bond donors (Lipinski definition) is 2. The van der Waals surface area contributed by atoms with Crippen LogP contribution < -0.4 is 5.32 Å². The molecule has 0 bridgehead atoms. The van der Waals surface area contributed by atoms with E-state index in [1.807, 2.05) is 0 Å². The van der Waals surface area contributed by atoms with Crippen LogP contribution in [-0.4, -0.2) is 31.5 Å². The van der Waals surface area contributed by atoms with E-state index in [0.29, 0.717) is 24.6 Å². The predicted octanol–water partition coefficient (Wildman–Crippen LogP) is 3.53. The highest BCUT2D eigenvalue weighted by atomic mass is 19.4. The zero-order valence-electron chi connectivity index (χ0n) is 13.3. The van der Waals surface area contributed by atoms with Gasteiger partial charge in [0.05, 0.1) is 24.3 Å². The van der Waals surface area contributed by atoms with Crippen LogP contribution in [0.15, 0.2) is 24.3 Å². The van der Waals surface area contributed by atoms with Crippen molar-refractivity contribution in [3.8, 4) is 0 Å². The molecule has 2 rings (SSSR count). The summed E-state index contributed by atoms with van der Waals surface area (Å²) in [5.41, 5.74) is -0.0796. The van der Waals surface area contributed by atoms with Crippen molar-refractivity contribution in [3.63, 3.8) is 0 Å². The fraction of sp³-hybridized carbons (Fsp3) is 0.647. The van der Waals surface area contributed by atoms with E-state index in [1.165, 1.54) is 19.2 Å². The Hall–Kier alpha value is -1.11. The average molecular weight is 331 g/mol. The number of methoxy groups -OCH3 is 1. The van der Waals surface area contributed by atoms with Gasteiger partial charge in [-0.2, -0.15) is 13.2 Å². The van der Waals surface area contributed by atoms with Crippen LogP contribution in [0, 0.1) is 5.92 Å². The minimum atomic E-state index is -4.35. The molecule has 1 fully saturated rings. The maximum atomic E-state index is 12.9. The summed E-state index contributed by atoms with van der Waals surface area (Å²) in [7, 11) is 1.53. The van der Waals surface area contributed by atoms with Crippen molar-refractivity contribution in [1.29, 1.82) is 0 Å². The molecule has 0 spiro atoms. The summed E-state index contributed by atoms with van der Waals surface area (Å²) in [6.07, 6.45) is -0.995. The van der Waals surface area contributed by atoms with Crippen LogP contribution in [0.4, 0.5) is 13.2 Å². The summed E-state index contributed by atoms with van der Waals surface area (Å²) in [6, 6.07) is 5.06. The Morgan fingerprint density at radius 2 is 2.13 bits per heavy atom. The van der Waals surface area contributed by atoms with Gasteiger partial charge < -0.3 is 15.2 Å². The summed E-state index contributed by atoms with van der Waals surface area (Å²) in [4.78, 5) is 0. The van der Waals surface area contributed by atoms with Crippen molar-refractivity contribution >= 4 is 0 Å². The molecule has 1 aliphatic carbocycles. The molecule has 0 aliphatic heterocycles. The van der Waals surface area contributed by atoms with Crippen molar-refractivity contribution in [1.82, 2.24) is 5.32 Å². The van der Waals surface area contributed by atoms with E-state index in [2.05, 4.69) is 5.32 Å². The van der Waals surface area contributed by atoms with Gasteiger partial charge in [-0.05, 0) is 49.4 Å². The van der Waals surface area contributed by atoms with E-state index in [-0.39, 0.29) is 12.1 Å². The molecule has 0 aromatic heterocycles. The Bertz CT molecular complexity index is 493. The van der Waals surface area contributed by atoms with Crippen LogP contribution in [0.25, 0.3) is 0 Å². The van der Waals surface area contributed by atoms with Gasteiger partial charge in [-0.1, -0.05) is 18.6 Å². The topological polar surface area (TPSA) is 41.5 Å². The fourth-order valence-electron chi connectivity index (χ4n) is 3.13. The molecule has 1 aliphatic rings. The predicted molar refractivity (Wildman–Crippen MR) is 82.0 cm³/mol. The quantitative estimate of drug-likeness (QED) is 0.838. The second-order valence-electron chi connectivity index (χ2n) is 6.23. The molecule has 0 radical (unpaired) electrons. The van der Waals surface area contributed by atoms with E-state index >= 15 is 0 Å². The molecule has 1 aromatic carbocycles. The summed E-state index contributed by atoms with van der Waals surface area (Å²) in [6.45, 7) is 0.970. The van der Waals surface area contributed by atoms with Gasteiger partial charge in [0.2, 0.25) is 0 Å². The lowest BCUT2D eigenvalue weighted by molar-refractivity contribution is -0.137. The molecular weight excluding hydrogens is 307 g/mol. The number of ether oxygens (including phenoxy) is 1. The molecule has 2 N–H and O–H groups in total. The summed E-state index contributed by atoms with van der Waals surface area (Å²) >= 11 is 0. The number of alkyl halides is 3. The second-order valence-corrected chi connectivity index (χ2v) is 6.23. The van der Waals surface area contributed by atoms with Crippen molar-refractivity contribution in [2.45, 2.75) is 44.0 Å². The zero-order valence-corrected chi connectivity index (χ0v) is 13.3. The van der Waals surface area contributed by atoms with E-state index in [9.17, 15) is 18.3 Å². The fourth-order valence-corrected chi connectivity index (χ4v) is 3.13. The van der Waals surface area contributed by atoms with Crippen LogP contribution in [0.3, 0.4) is 0 Å². The van der Waals surface area contributed by atoms with Crippen molar-refractivity contribution in [2.24, 2.45) is 5.92 Å². The maximum absolute atomic E-state index is 12.9. The molecule has 1 saturated carbocycles. The smallest absolute Gasteiger partial charge is 0.393 e. The van der Waals surface area contributed by atoms with Crippen LogP contribution >= 0.6 is 0 Å². The number of aliphatic hydroxyl groups is 1. The number of benzene rings is 1. The molecule has 6 heteroatoms. The molecule has 0 saturated heterocycles. The number of hydrogen-bond acceptors (Lipinski definition) is 3. The first kappa shape index (κ1) is 18.2. The highest BCUT2D eigenvalue weighted by Crippen LogP contribution is 2.31. The minimum absolute atomic E-state index is 0.259. The Morgan fingerprint density at radius 1 is 1.35 bits per heavy atom. The molecule has 23 heavy (non-hydrogen) atoms. The maximum Gasteiger partial charge on any atom is 0.416 e. The first-order valence-corrected chi connectivity index (χ1v) is 7.97. The SMILES string of the molecule is COCC(NCC1CCCC(O)C1)c1cccc(C(F)(F)F)c1. The summed E-state index contributed by atoms with van der Waals surface area (Å²) in [5, 5.41) is 13.0. The van der Waals surface area contributed by atoms with Crippen LogP contribution in [0.5, 0.6) is 0 Å². The Morgan fingerprint density at radius 3 is 2.78 bits per heavy atom. The molecule has 130 valence electrons. The van der Waals surface area contributed by atoms with Crippen LogP contribution in [-0.2, 0) is 10.9 Å². The van der Waals surface area contributed by atoms with E-state index in [4.69, 9.17) is 4.74 Å². The molecule has 0 heterocycles. The highest BCUT2D eigenvalue weighted by molar-refractivity contribution is 5.28. The van der Waals surface area contributed by atoms with Gasteiger partial charge in [0, 0.05) is 7.11 Å². The lowest BCUT2D eigenvalue weighted by Gasteiger charge is -2.28. The lowest BCUT2D eigenvalue weighted by Crippen LogP contribution is -2.33. The van der Waals surface area contributed by atoms with Gasteiger partial charge in [-0.3, -0.25) is 0 Å². The number of aliphatic hydroxyl groups excluding tert-OH is 1. The Labute approximate surface area is 134 Å². The Kier molecular flexibility index (Phi) is 6.44. The van der Waals surface area contributed by atoms with Gasteiger partial charge in [0.1, 0.15) is 0 Å². The monoisotopic (exact) mass is 331 g/mol. The third kappa shape index (κ3) is 5.48. The standard InChI is InChI=1S/C17H24F3NO2/c1-23-11-16(21-10-12-4-2-7-15(22)8-12)13-5-3-6-14(9-13)17(18,19)20/h3,5-6,9,12,15-16,21-22H,2,4,7-8,10-11H2,1H3. The van der Waals surface area contributed by atoms with Gasteiger partial charge in [-0.15, -0.1) is 0 Å². The summed E-state index contributed by atoms with van der Waals surface area (Å²) in [5.74, 6) is 0.351. The average Bonchev–Trinajstić information content (AvgIpc) is 2.51. The molecule has 3 unspecified atom stereocenters. The third-order valence-corrected chi connectivity index (χ3v) is 4.36. The Balaban J connectivity index is 2.03. The second kappa shape index (κ2) is 8.13. The van der Waals surface area contributed by atoms with Gasteiger partial charge >= 0.3 is 6.18 Å². The summed E-state index contributed by atoms with van der Waals surface area (Å²) < 4.78 is 43.7. The van der Waals surface area contributed by atoms with E-state index in [1.54, 1.807) is 6.07 Å². The first-order chi connectivity index (χ1) is 10.9. The lowest BCUT2D eigenvalue weighted by atomic mass is 9.87. The zero-order chi connectivity index (χ0) is 16.9. The highest BCUT2D eigenvalue weighted by Gasteiger charge is 2.31. The number of halogens is 3. The number of rotatable bonds is 6. The van der Waals surface area contributed by atoms with Crippen molar-refractivity contribution < 1.29 is 23.0 Å². The van der Waals surface area contributed by atoms with Crippen molar-refractivity contribution in [2.75, 3.05) is 20.3 Å². The number of nitrogens with one attached hydrogen (secondary N) is 1. The molecule has 3 atom stereocenters. The largest absolute Gasteiger partial charge is 0.416 e. The molecule has 1 aromatic rings. The van der Waals surface area contributed by atoms with Crippen molar-refractivity contribution in [3.05, 3.63) is 35.4 Å². The van der Waals surface area contributed by atoms with E-state index in [0.717, 1.165) is 31.7 Å². The molecule has 0 amide bonds.